The van der Waals surface area contributed by atoms with Crippen LogP contribution in [-0.2, 0) is 0 Å². The molecule has 14 aromatic carbocycles. The van der Waals surface area contributed by atoms with Crippen molar-refractivity contribution in [2.24, 2.45) is 0 Å². The van der Waals surface area contributed by atoms with Gasteiger partial charge in [-0.05, 0) is 177 Å². The molecule has 80 heavy (non-hydrogen) atoms. The van der Waals surface area contributed by atoms with Gasteiger partial charge in [0.25, 0.3) is 0 Å². The zero-order valence-electron chi connectivity index (χ0n) is 44.0. The molecule has 0 fully saturated rings. The van der Waals surface area contributed by atoms with Gasteiger partial charge in [0.2, 0.25) is 0 Å². The van der Waals surface area contributed by atoms with Crippen LogP contribution in [0.3, 0.4) is 0 Å². The first-order chi connectivity index (χ1) is 39.7. The Hall–Kier alpha value is -10.7. The third-order valence-corrected chi connectivity index (χ3v) is 15.3. The molecule has 0 saturated heterocycles. The minimum atomic E-state index is 1.08. The number of hydrogen-bond acceptors (Lipinski definition) is 4. The molecular formula is C76H54N4. The molecule has 0 bridgehead atoms. The molecule has 378 valence electrons. The first-order valence-electron chi connectivity index (χ1n) is 27.3. The Bertz CT molecular complexity index is 4090. The van der Waals surface area contributed by atoms with Gasteiger partial charge in [0, 0.05) is 67.6 Å². The molecule has 0 amide bonds. The van der Waals surface area contributed by atoms with Crippen LogP contribution in [-0.4, -0.2) is 0 Å². The van der Waals surface area contributed by atoms with Crippen molar-refractivity contribution in [3.8, 4) is 11.1 Å². The van der Waals surface area contributed by atoms with E-state index < -0.39 is 0 Å². The van der Waals surface area contributed by atoms with E-state index in [-0.39, 0.29) is 0 Å². The monoisotopic (exact) mass is 1020 g/mol. The van der Waals surface area contributed by atoms with E-state index in [4.69, 9.17) is 0 Å². The van der Waals surface area contributed by atoms with Crippen molar-refractivity contribution in [2.45, 2.75) is 0 Å². The molecule has 0 aliphatic heterocycles. The fourth-order valence-corrected chi connectivity index (χ4v) is 11.5. The molecule has 0 unspecified atom stereocenters. The third kappa shape index (κ3) is 9.21. The Balaban J connectivity index is 0.807. The van der Waals surface area contributed by atoms with Crippen molar-refractivity contribution in [2.75, 3.05) is 19.6 Å². The first-order valence-corrected chi connectivity index (χ1v) is 27.3. The predicted octanol–water partition coefficient (Wildman–Crippen LogP) is 21.8. The number of nitrogens with zero attached hydrogens (tertiary/aromatic N) is 4. The van der Waals surface area contributed by atoms with E-state index in [0.29, 0.717) is 0 Å². The summed E-state index contributed by atoms with van der Waals surface area (Å²) in [6, 6.07) is 118. The summed E-state index contributed by atoms with van der Waals surface area (Å²) in [4.78, 5) is 9.44. The first kappa shape index (κ1) is 47.7. The van der Waals surface area contributed by atoms with E-state index in [0.717, 1.165) is 79.4 Å². The Morgan fingerprint density at radius 2 is 0.400 bits per heavy atom. The van der Waals surface area contributed by atoms with Crippen LogP contribution in [0.1, 0.15) is 0 Å². The fraction of sp³-hybridized carbons (Fsp3) is 0. The Kier molecular flexibility index (Phi) is 12.6. The van der Waals surface area contributed by atoms with Gasteiger partial charge >= 0.3 is 0 Å². The van der Waals surface area contributed by atoms with E-state index in [1.165, 1.54) is 43.1 Å². The Morgan fingerprint density at radius 3 is 0.725 bits per heavy atom. The summed E-state index contributed by atoms with van der Waals surface area (Å²) < 4.78 is 0. The summed E-state index contributed by atoms with van der Waals surface area (Å²) in [6.45, 7) is 0. The molecule has 0 aromatic heterocycles. The number of rotatable bonds is 13. The van der Waals surface area contributed by atoms with Crippen LogP contribution in [0.2, 0.25) is 0 Å². The van der Waals surface area contributed by atoms with Gasteiger partial charge in [-0.1, -0.05) is 194 Å². The summed E-state index contributed by atoms with van der Waals surface area (Å²) >= 11 is 0. The average Bonchev–Trinajstić information content (AvgIpc) is 3.60. The van der Waals surface area contributed by atoms with E-state index in [9.17, 15) is 0 Å². The van der Waals surface area contributed by atoms with Crippen molar-refractivity contribution in [1.29, 1.82) is 0 Å². The topological polar surface area (TPSA) is 13.0 Å². The zero-order chi connectivity index (χ0) is 53.2. The van der Waals surface area contributed by atoms with Gasteiger partial charge < -0.3 is 19.6 Å². The lowest BCUT2D eigenvalue weighted by atomic mass is 10.0. The van der Waals surface area contributed by atoms with Crippen molar-refractivity contribution >= 4 is 111 Å². The van der Waals surface area contributed by atoms with Crippen LogP contribution in [0, 0.1) is 0 Å². The van der Waals surface area contributed by atoms with Crippen molar-refractivity contribution in [3.05, 3.63) is 328 Å². The highest BCUT2D eigenvalue weighted by Gasteiger charge is 2.20. The van der Waals surface area contributed by atoms with Gasteiger partial charge in [-0.25, -0.2) is 0 Å². The van der Waals surface area contributed by atoms with Gasteiger partial charge in [-0.2, -0.15) is 0 Å². The quantitative estimate of drug-likeness (QED) is 0.114. The average molecular weight is 1020 g/mol. The maximum Gasteiger partial charge on any atom is 0.0540 e. The summed E-state index contributed by atoms with van der Waals surface area (Å²) in [5.41, 5.74) is 15.6. The molecule has 0 spiro atoms. The second kappa shape index (κ2) is 21.0. The van der Waals surface area contributed by atoms with Crippen molar-refractivity contribution in [3.63, 3.8) is 0 Å². The van der Waals surface area contributed by atoms with Crippen LogP contribution in [0.4, 0.5) is 68.2 Å². The van der Waals surface area contributed by atoms with Gasteiger partial charge in [-0.3, -0.25) is 0 Å². The smallest absolute Gasteiger partial charge is 0.0540 e. The Labute approximate surface area is 467 Å². The molecule has 4 nitrogen and oxygen atoms in total. The standard InChI is InChI=1S/C76H54N4/c1-5-23-63(24-6-1)77(64-25-7-2-8-26-64)69-47-39-61-53-71(49-41-59(61)51-69)79(75-33-17-21-57-19-13-15-31-73(57)75)67-43-35-55(36-44-67)56-37-45-68(46-38-56)80(76-34-18-22-58-20-14-16-32-74(58)76)72-50-42-60-52-70(48-40-62(60)54-72)78(65-27-9-3-10-28-65)66-29-11-4-12-30-66/h1-54H. The number of anilines is 12. The summed E-state index contributed by atoms with van der Waals surface area (Å²) in [7, 11) is 0. The van der Waals surface area contributed by atoms with E-state index in [1.807, 2.05) is 0 Å². The molecule has 0 aliphatic rings. The molecule has 0 N–H and O–H groups in total. The van der Waals surface area contributed by atoms with Gasteiger partial charge in [0.05, 0.1) is 11.4 Å². The normalized spacial score (nSPS) is 11.2. The molecule has 4 heteroatoms. The molecular weight excluding hydrogens is 969 g/mol. The third-order valence-electron chi connectivity index (χ3n) is 15.3. The lowest BCUT2D eigenvalue weighted by Gasteiger charge is -2.28. The highest BCUT2D eigenvalue weighted by molar-refractivity contribution is 6.03. The van der Waals surface area contributed by atoms with E-state index >= 15 is 0 Å². The summed E-state index contributed by atoms with van der Waals surface area (Å²) in [5, 5.41) is 9.45. The van der Waals surface area contributed by atoms with Gasteiger partial charge in [0.15, 0.2) is 0 Å². The number of para-hydroxylation sites is 4. The molecule has 0 radical (unpaired) electrons. The molecule has 0 aliphatic carbocycles. The van der Waals surface area contributed by atoms with Crippen LogP contribution in [0.5, 0.6) is 0 Å². The van der Waals surface area contributed by atoms with Crippen LogP contribution < -0.4 is 19.6 Å². The second-order valence-electron chi connectivity index (χ2n) is 20.2. The highest BCUT2D eigenvalue weighted by Crippen LogP contribution is 2.45. The minimum Gasteiger partial charge on any atom is -0.310 e. The van der Waals surface area contributed by atoms with Crippen molar-refractivity contribution < 1.29 is 0 Å². The molecule has 0 saturated carbocycles. The second-order valence-corrected chi connectivity index (χ2v) is 20.2. The van der Waals surface area contributed by atoms with Gasteiger partial charge in [-0.15, -0.1) is 0 Å². The largest absolute Gasteiger partial charge is 0.310 e. The zero-order valence-corrected chi connectivity index (χ0v) is 44.0. The molecule has 0 atom stereocenters. The molecule has 14 rings (SSSR count). The number of hydrogen-bond donors (Lipinski definition) is 0. The van der Waals surface area contributed by atoms with Crippen molar-refractivity contribution in [1.82, 2.24) is 0 Å². The van der Waals surface area contributed by atoms with Crippen LogP contribution in [0.15, 0.2) is 328 Å². The maximum atomic E-state index is 2.40. The lowest BCUT2D eigenvalue weighted by Crippen LogP contribution is -2.11. The summed E-state index contributed by atoms with van der Waals surface area (Å²) in [6.07, 6.45) is 0. The van der Waals surface area contributed by atoms with E-state index in [2.05, 4.69) is 347 Å². The minimum absolute atomic E-state index is 1.08. The Morgan fingerprint density at radius 1 is 0.150 bits per heavy atom. The van der Waals surface area contributed by atoms with Gasteiger partial charge in [0.1, 0.15) is 0 Å². The van der Waals surface area contributed by atoms with Crippen LogP contribution >= 0.6 is 0 Å². The summed E-state index contributed by atoms with van der Waals surface area (Å²) in [5.74, 6) is 0. The SMILES string of the molecule is c1ccc(N(c2ccccc2)c2ccc3cc(N(c4ccc(-c5ccc(N(c6ccc7cc(N(c8ccccc8)c8ccccc8)ccc7c6)c6cccc7ccccc67)cc5)cc4)c4cccc5ccccc45)ccc3c2)cc1. The lowest BCUT2D eigenvalue weighted by molar-refractivity contribution is 1.28. The number of benzene rings is 14. The predicted molar refractivity (Wildman–Crippen MR) is 341 cm³/mol. The number of fused-ring (bicyclic) bond motifs is 4. The van der Waals surface area contributed by atoms with Crippen LogP contribution in [0.25, 0.3) is 54.2 Å². The molecule has 14 aromatic rings. The van der Waals surface area contributed by atoms with E-state index in [1.54, 1.807) is 0 Å². The highest BCUT2D eigenvalue weighted by atomic mass is 15.2. The maximum absolute atomic E-state index is 2.40. The molecule has 0 heterocycles. The fourth-order valence-electron chi connectivity index (χ4n) is 11.5.